The summed E-state index contributed by atoms with van der Waals surface area (Å²) in [7, 11) is 1.74. The molecule has 0 saturated carbocycles. The van der Waals surface area contributed by atoms with Crippen LogP contribution in [0.15, 0.2) is 77.6 Å². The highest BCUT2D eigenvalue weighted by molar-refractivity contribution is 5.95. The Kier molecular flexibility index (Phi) is 8.53. The van der Waals surface area contributed by atoms with Crippen LogP contribution in [0.3, 0.4) is 0 Å². The van der Waals surface area contributed by atoms with Gasteiger partial charge >= 0.3 is 0 Å². The second-order valence-electron chi connectivity index (χ2n) is 7.49. The third kappa shape index (κ3) is 6.53. The molecule has 34 heavy (non-hydrogen) atoms. The molecule has 3 aromatic rings. The van der Waals surface area contributed by atoms with Gasteiger partial charge < -0.3 is 11.1 Å². The molecule has 0 aliphatic heterocycles. The molecule has 172 valence electrons. The van der Waals surface area contributed by atoms with Crippen molar-refractivity contribution >= 4 is 18.0 Å². The van der Waals surface area contributed by atoms with Gasteiger partial charge in [0, 0.05) is 48.9 Å². The van der Waals surface area contributed by atoms with Crippen LogP contribution in [0.1, 0.15) is 51.6 Å². The van der Waals surface area contributed by atoms with E-state index in [-0.39, 0.29) is 5.91 Å². The molecule has 0 saturated heterocycles. The maximum absolute atomic E-state index is 12.8. The molecule has 3 rings (SSSR count). The minimum atomic E-state index is -0.511. The normalized spacial score (nSPS) is 11.2. The molecule has 0 aliphatic rings. The van der Waals surface area contributed by atoms with E-state index in [1.165, 1.54) is 0 Å². The minimum absolute atomic E-state index is 0.169. The smallest absolute Gasteiger partial charge is 0.251 e. The molecule has 0 spiro atoms. The molecule has 0 bridgehead atoms. The summed E-state index contributed by atoms with van der Waals surface area (Å²) in [5.74, 6) is 5.50. The van der Waals surface area contributed by atoms with Gasteiger partial charge in [0.2, 0.25) is 5.91 Å². The van der Waals surface area contributed by atoms with E-state index in [0.717, 1.165) is 24.1 Å². The van der Waals surface area contributed by atoms with Gasteiger partial charge in [0.25, 0.3) is 5.91 Å². The first kappa shape index (κ1) is 24.2. The molecule has 7 nitrogen and oxygen atoms in total. The van der Waals surface area contributed by atoms with Crippen LogP contribution in [0.4, 0.5) is 0 Å². The number of carbonyl (C=O) groups is 2. The van der Waals surface area contributed by atoms with Crippen molar-refractivity contribution in [1.29, 1.82) is 0 Å². The van der Waals surface area contributed by atoms with Gasteiger partial charge in [-0.3, -0.25) is 14.6 Å². The van der Waals surface area contributed by atoms with Gasteiger partial charge in [-0.25, -0.2) is 4.68 Å². The molecule has 2 aromatic carbocycles. The Labute approximate surface area is 199 Å². The number of hydrogen-bond acceptors (Lipinski definition) is 4. The molecule has 7 heteroatoms. The van der Waals surface area contributed by atoms with Crippen molar-refractivity contribution in [3.63, 3.8) is 0 Å². The van der Waals surface area contributed by atoms with Crippen molar-refractivity contribution in [2.24, 2.45) is 10.7 Å². The largest absolute Gasteiger partial charge is 0.366 e. The van der Waals surface area contributed by atoms with Gasteiger partial charge in [0.05, 0.1) is 11.3 Å². The molecule has 0 aliphatic carbocycles. The summed E-state index contributed by atoms with van der Waals surface area (Å²) < 4.78 is 1.69. The van der Waals surface area contributed by atoms with Crippen LogP contribution in [0.25, 0.3) is 5.69 Å². The number of amides is 2. The van der Waals surface area contributed by atoms with E-state index in [1.807, 2.05) is 37.5 Å². The number of nitrogens with zero attached hydrogens (tertiary/aromatic N) is 3. The number of nitrogens with one attached hydrogen (secondary N) is 1. The fraction of sp³-hybridized carbons (Fsp3) is 0.185. The zero-order chi connectivity index (χ0) is 24.3. The lowest BCUT2D eigenvalue weighted by Gasteiger charge is -2.09. The molecule has 2 amide bonds. The third-order valence-electron chi connectivity index (χ3n) is 5.09. The zero-order valence-electron chi connectivity index (χ0n) is 19.3. The van der Waals surface area contributed by atoms with Crippen LogP contribution in [-0.4, -0.2) is 41.4 Å². The molecule has 1 aromatic heterocycles. The van der Waals surface area contributed by atoms with Gasteiger partial charge in [-0.05, 0) is 67.8 Å². The lowest BCUT2D eigenvalue weighted by Crippen LogP contribution is -2.24. The molecule has 0 unspecified atom stereocenters. The van der Waals surface area contributed by atoms with Gasteiger partial charge in [-0.2, -0.15) is 5.10 Å². The lowest BCUT2D eigenvalue weighted by molar-refractivity contribution is 0.0952. The minimum Gasteiger partial charge on any atom is -0.366 e. The Balaban J connectivity index is 1.81. The van der Waals surface area contributed by atoms with Crippen molar-refractivity contribution in [2.75, 3.05) is 13.6 Å². The first-order valence-electron chi connectivity index (χ1n) is 10.9. The average Bonchev–Trinajstić information content (AvgIpc) is 3.39. The summed E-state index contributed by atoms with van der Waals surface area (Å²) in [5, 5.41) is 7.25. The van der Waals surface area contributed by atoms with Crippen LogP contribution in [0.5, 0.6) is 0 Å². The summed E-state index contributed by atoms with van der Waals surface area (Å²) >= 11 is 0. The molecule has 0 fully saturated rings. The van der Waals surface area contributed by atoms with E-state index in [0.29, 0.717) is 28.8 Å². The van der Waals surface area contributed by atoms with Crippen molar-refractivity contribution in [3.05, 3.63) is 94.8 Å². The van der Waals surface area contributed by atoms with Crippen molar-refractivity contribution in [2.45, 2.75) is 19.8 Å². The molecule has 1 heterocycles. The second kappa shape index (κ2) is 12.0. The van der Waals surface area contributed by atoms with Crippen LogP contribution < -0.4 is 11.1 Å². The molecule has 0 atom stereocenters. The van der Waals surface area contributed by atoms with E-state index < -0.39 is 5.91 Å². The van der Waals surface area contributed by atoms with Crippen LogP contribution >= 0.6 is 0 Å². The average molecular weight is 454 g/mol. The van der Waals surface area contributed by atoms with E-state index in [9.17, 15) is 9.59 Å². The van der Waals surface area contributed by atoms with Crippen LogP contribution in [-0.2, 0) is 0 Å². The highest BCUT2D eigenvalue weighted by atomic mass is 16.2. The number of primary amides is 1. The summed E-state index contributed by atoms with van der Waals surface area (Å²) in [6, 6.07) is 14.0. The number of carbonyl (C=O) groups excluding carboxylic acids is 2. The number of aromatic nitrogens is 2. The zero-order valence-corrected chi connectivity index (χ0v) is 19.3. The molecular formula is C27H27N5O2. The summed E-state index contributed by atoms with van der Waals surface area (Å²) in [6.45, 7) is 2.53. The third-order valence-corrected chi connectivity index (χ3v) is 5.09. The summed E-state index contributed by atoms with van der Waals surface area (Å²) in [6.07, 6.45) is 8.99. The fourth-order valence-corrected chi connectivity index (χ4v) is 3.32. The molecular weight excluding hydrogens is 426 g/mol. The van der Waals surface area contributed by atoms with Crippen LogP contribution in [0, 0.1) is 11.8 Å². The molecule has 0 radical (unpaired) electrons. The Morgan fingerprint density at radius 2 is 2.00 bits per heavy atom. The summed E-state index contributed by atoms with van der Waals surface area (Å²) in [4.78, 5) is 28.3. The van der Waals surface area contributed by atoms with Crippen molar-refractivity contribution < 1.29 is 9.59 Å². The summed E-state index contributed by atoms with van der Waals surface area (Å²) in [5.41, 5.74) is 9.43. The topological polar surface area (TPSA) is 102 Å². The Hall–Kier alpha value is -4.44. The maximum Gasteiger partial charge on any atom is 0.251 e. The Morgan fingerprint density at radius 1 is 1.15 bits per heavy atom. The first-order valence-corrected chi connectivity index (χ1v) is 10.9. The monoisotopic (exact) mass is 453 g/mol. The predicted octanol–water partition coefficient (Wildman–Crippen LogP) is 3.53. The van der Waals surface area contributed by atoms with E-state index >= 15 is 0 Å². The lowest BCUT2D eigenvalue weighted by atomic mass is 10.1. The predicted molar refractivity (Wildman–Crippen MR) is 134 cm³/mol. The van der Waals surface area contributed by atoms with Gasteiger partial charge in [-0.1, -0.05) is 24.0 Å². The van der Waals surface area contributed by atoms with E-state index in [4.69, 9.17) is 5.73 Å². The number of allylic oxidation sites excluding steroid dienone is 2. The van der Waals surface area contributed by atoms with Gasteiger partial charge in [0.1, 0.15) is 0 Å². The molecule has 3 N–H and O–H groups in total. The number of nitrogens with two attached hydrogens (primary N) is 1. The van der Waals surface area contributed by atoms with Crippen molar-refractivity contribution in [3.8, 4) is 17.5 Å². The number of benzene rings is 2. The SMILES string of the molecule is C/C=C(\C=NC)CCCNC(=O)c1ccc(-n2cccn2)c(C#Cc2cccc(C(N)=O)c2)c1. The number of hydrogen-bond donors (Lipinski definition) is 2. The quantitative estimate of drug-likeness (QED) is 0.310. The number of rotatable bonds is 8. The number of aliphatic imine (C=N–C) groups is 1. The van der Waals surface area contributed by atoms with Gasteiger partial charge in [-0.15, -0.1) is 0 Å². The fourth-order valence-electron chi connectivity index (χ4n) is 3.32. The Morgan fingerprint density at radius 3 is 2.71 bits per heavy atom. The second-order valence-corrected chi connectivity index (χ2v) is 7.49. The highest BCUT2D eigenvalue weighted by Gasteiger charge is 2.10. The Bertz CT molecular complexity index is 1280. The van der Waals surface area contributed by atoms with Gasteiger partial charge in [0.15, 0.2) is 0 Å². The van der Waals surface area contributed by atoms with Crippen molar-refractivity contribution in [1.82, 2.24) is 15.1 Å². The van der Waals surface area contributed by atoms with E-state index in [1.54, 1.807) is 54.3 Å². The van der Waals surface area contributed by atoms with Crippen LogP contribution in [0.2, 0.25) is 0 Å². The highest BCUT2D eigenvalue weighted by Crippen LogP contribution is 2.16. The maximum atomic E-state index is 12.8. The first-order chi connectivity index (χ1) is 16.5. The standard InChI is InChI=1S/C27H27N5O2/c1-3-20(19-29-2)8-5-14-30-27(34)24-12-13-25(32-16-6-15-31-32)22(18-24)11-10-21-7-4-9-23(17-21)26(28)33/h3-4,6-7,9,12-13,15-19H,5,8,14H2,1-2H3,(H2,28,33)(H,30,34)/b20-3-,29-19?. The van der Waals surface area contributed by atoms with E-state index in [2.05, 4.69) is 27.2 Å².